The Morgan fingerprint density at radius 2 is 1.51 bits per heavy atom. The lowest BCUT2D eigenvalue weighted by Crippen LogP contribution is -2.49. The van der Waals surface area contributed by atoms with Crippen LogP contribution in [0.1, 0.15) is 86.8 Å². The normalized spacial score (nSPS) is 30.4. The number of aryl methyl sites for hydroxylation is 1. The first kappa shape index (κ1) is 56.5. The van der Waals surface area contributed by atoms with Gasteiger partial charge in [0, 0.05) is 25.5 Å². The van der Waals surface area contributed by atoms with E-state index >= 15 is 0 Å². The van der Waals surface area contributed by atoms with Crippen LogP contribution in [0.3, 0.4) is 0 Å². The Balaban J connectivity index is 1.16. The van der Waals surface area contributed by atoms with Gasteiger partial charge in [0.25, 0.3) is 5.56 Å². The molecule has 4 aromatic rings. The van der Waals surface area contributed by atoms with Gasteiger partial charge in [-0.3, -0.25) is 27.5 Å². The fourth-order valence-corrected chi connectivity index (χ4v) is 14.8. The summed E-state index contributed by atoms with van der Waals surface area (Å²) in [7, 11) is -6.90. The Morgan fingerprint density at radius 3 is 2.19 bits per heavy atom. The Labute approximate surface area is 436 Å². The minimum atomic E-state index is -4.35. The molecule has 0 saturated carbocycles. The Hall–Kier alpha value is -1.75. The van der Waals surface area contributed by atoms with E-state index in [1.807, 2.05) is 10.8 Å². The third-order valence-electron chi connectivity index (χ3n) is 16.1. The molecule has 0 aromatic carbocycles. The Bertz CT molecular complexity index is 2800. The van der Waals surface area contributed by atoms with Crippen LogP contribution in [0.5, 0.6) is 0 Å². The summed E-state index contributed by atoms with van der Waals surface area (Å²) in [6.45, 7) is 24.4. The van der Waals surface area contributed by atoms with Crippen LogP contribution in [0.4, 0.5) is 5.82 Å². The van der Waals surface area contributed by atoms with E-state index in [0.717, 1.165) is 36.2 Å². The summed E-state index contributed by atoms with van der Waals surface area (Å²) in [6.07, 6.45) is 0.102. The van der Waals surface area contributed by atoms with Crippen molar-refractivity contribution >= 4 is 90.3 Å². The first-order valence-electron chi connectivity index (χ1n) is 24.8. The number of rotatable bonds is 11. The van der Waals surface area contributed by atoms with Crippen molar-refractivity contribution in [2.45, 2.75) is 185 Å². The molecular formula is C45H76N8O12P2S2Si3. The van der Waals surface area contributed by atoms with Gasteiger partial charge in [-0.2, -0.15) is 0 Å². The van der Waals surface area contributed by atoms with Crippen LogP contribution in [0.2, 0.25) is 54.4 Å². The van der Waals surface area contributed by atoms with Gasteiger partial charge < -0.3 is 42.4 Å². The molecule has 8 heterocycles. The number of hydrogen-bond donors (Lipinski definition) is 3. The molecule has 4 aromatic heterocycles. The highest BCUT2D eigenvalue weighted by molar-refractivity contribution is 8.44. The minimum Gasteiger partial charge on any atom is -0.415 e. The first-order chi connectivity index (χ1) is 33.2. The number of nitrogens with zero attached hydrogens (tertiary/aromatic N) is 7. The second-order valence-electron chi connectivity index (χ2n) is 24.2. The van der Waals surface area contributed by atoms with Crippen LogP contribution >= 0.6 is 25.8 Å². The van der Waals surface area contributed by atoms with E-state index in [1.54, 1.807) is 4.57 Å². The van der Waals surface area contributed by atoms with Crippen molar-refractivity contribution in [2.24, 2.45) is 0 Å². The van der Waals surface area contributed by atoms with Crippen molar-refractivity contribution < 1.29 is 50.6 Å². The predicted molar refractivity (Wildman–Crippen MR) is 291 cm³/mol. The van der Waals surface area contributed by atoms with Crippen molar-refractivity contribution in [3.05, 3.63) is 41.1 Å². The molecule has 2 unspecified atom stereocenters. The van der Waals surface area contributed by atoms with Crippen LogP contribution in [0, 0.1) is 0 Å². The lowest BCUT2D eigenvalue weighted by molar-refractivity contribution is -0.0597. The van der Waals surface area contributed by atoms with Crippen LogP contribution in [0.25, 0.3) is 22.2 Å². The molecule has 0 radical (unpaired) electrons. The lowest BCUT2D eigenvalue weighted by atomic mass is 10.1. The molecule has 402 valence electrons. The number of aromatic nitrogens is 7. The third-order valence-corrected chi connectivity index (χ3v) is 33.2. The molecule has 0 amide bonds. The molecule has 2 bridgehead atoms. The molecular weight excluding hydrogens is 1050 g/mol. The number of thiol groups is 1. The molecule has 27 heteroatoms. The van der Waals surface area contributed by atoms with E-state index in [1.165, 1.54) is 23.5 Å². The van der Waals surface area contributed by atoms with E-state index in [2.05, 4.69) is 129 Å². The van der Waals surface area contributed by atoms with Crippen LogP contribution < -0.4 is 10.9 Å². The fourth-order valence-electron chi connectivity index (χ4n) is 8.51. The summed E-state index contributed by atoms with van der Waals surface area (Å²) in [6, 6.07) is 0. The van der Waals surface area contributed by atoms with E-state index in [0.29, 0.717) is 18.5 Å². The van der Waals surface area contributed by atoms with Crippen LogP contribution in [-0.4, -0.2) is 132 Å². The molecule has 0 aliphatic carbocycles. The minimum absolute atomic E-state index is 0.00259. The summed E-state index contributed by atoms with van der Waals surface area (Å²) >= 11 is 10.5. The quantitative estimate of drug-likeness (QED) is 0.0725. The van der Waals surface area contributed by atoms with Gasteiger partial charge in [0.05, 0.1) is 39.6 Å². The van der Waals surface area contributed by atoms with Crippen LogP contribution in [0.15, 0.2) is 30.0 Å². The summed E-state index contributed by atoms with van der Waals surface area (Å²) < 4.78 is 79.6. The van der Waals surface area contributed by atoms with Gasteiger partial charge in [0.2, 0.25) is 0 Å². The maximum absolute atomic E-state index is 14.9. The number of fused-ring (bicyclic) bond motifs is 4. The molecule has 10 atom stereocenters. The summed E-state index contributed by atoms with van der Waals surface area (Å²) in [5, 5.41) is 3.96. The zero-order valence-electron chi connectivity index (χ0n) is 44.4. The number of nitrogens with one attached hydrogen (secondary N) is 1. The maximum Gasteiger partial charge on any atom is 0.386 e. The Kier molecular flexibility index (Phi) is 15.9. The third kappa shape index (κ3) is 11.4. The monoisotopic (exact) mass is 1130 g/mol. The second-order valence-corrected chi connectivity index (χ2v) is 45.0. The van der Waals surface area contributed by atoms with Gasteiger partial charge in [-0.15, -0.1) is 0 Å². The molecule has 2 N–H and O–H groups in total. The standard InChI is InChI=1S/C45H76N8O12P2S2Si3/c1-43(2,3)70(10,11)27-57-33-29-22-58-66(55,68)63-34-30(62-42(36(34)65-72(14,15)45(7,8)9)52-21-28-17-16-18-46-37-31(28)38(52)48-24-47-37)23-59-67(56,69)64-35(33)41(61-29)53-26-49-32-39(53)50-25-51(40(32)54)19-20-60-71(12,13)44(4,5)6/h21,24-26,29-30,33-36,41-42H,16-20,22-23,27H2,1-15H3,(H,55,68)(H,56,69)(H,46,47,48)/t29-,30-,33-,34-,35-,36-,41-,42-,66?,67?/m1/s1. The van der Waals surface area contributed by atoms with Crippen molar-refractivity contribution in [3.63, 3.8) is 0 Å². The first-order valence-corrected chi connectivity index (χ1v) is 39.1. The van der Waals surface area contributed by atoms with E-state index in [9.17, 15) is 14.3 Å². The zero-order chi connectivity index (χ0) is 52.8. The SMILES string of the molecule is CC(C)(C)[Si](C)(C)CO[C@H]1[C@H]2OP(O)(=S)OC[C@H]3O[C@@H](n4cc5c6c(ncnc64)NCCC5)[C@H](O[Si](C)(C)C(C)(C)C)[C@@H]3OP(=O)(S)OC[C@H]1O[C@H]2n1cnc2c(=O)n(CCO[Si](C)(C)C(C)(C)C)cnc21. The summed E-state index contributed by atoms with van der Waals surface area (Å²) in [5.41, 5.74) is 1.56. The van der Waals surface area contributed by atoms with E-state index in [-0.39, 0.29) is 51.6 Å². The highest BCUT2D eigenvalue weighted by Crippen LogP contribution is 2.59. The van der Waals surface area contributed by atoms with Crippen molar-refractivity contribution in [1.82, 2.24) is 33.6 Å². The average molecular weight is 1130 g/mol. The molecule has 72 heavy (non-hydrogen) atoms. The number of imidazole rings is 1. The van der Waals surface area contributed by atoms with Crippen LogP contribution in [-0.2, 0) is 70.5 Å². The highest BCUT2D eigenvalue weighted by atomic mass is 32.7. The fraction of sp³-hybridized carbons (Fsp3) is 0.756. The number of anilines is 1. The number of hydrogen-bond acceptors (Lipinski definition) is 17. The van der Waals surface area contributed by atoms with Crippen molar-refractivity contribution in [2.75, 3.05) is 37.9 Å². The predicted octanol–water partition coefficient (Wildman–Crippen LogP) is 9.11. The topological polar surface area (TPSA) is 216 Å². The Morgan fingerprint density at radius 1 is 0.833 bits per heavy atom. The average Bonchev–Trinajstić information content (AvgIpc) is 3.98. The van der Waals surface area contributed by atoms with Gasteiger partial charge in [-0.05, 0) is 71.5 Å². The molecule has 4 aliphatic heterocycles. The van der Waals surface area contributed by atoms with Gasteiger partial charge in [0.1, 0.15) is 60.7 Å². The largest absolute Gasteiger partial charge is 0.415 e. The smallest absolute Gasteiger partial charge is 0.386 e. The molecule has 4 aliphatic rings. The van der Waals surface area contributed by atoms with Gasteiger partial charge in [-0.1, -0.05) is 87.7 Å². The van der Waals surface area contributed by atoms with Gasteiger partial charge in [0.15, 0.2) is 40.3 Å². The van der Waals surface area contributed by atoms with Crippen molar-refractivity contribution in [1.29, 1.82) is 0 Å². The van der Waals surface area contributed by atoms with E-state index in [4.69, 9.17) is 62.9 Å². The second kappa shape index (κ2) is 20.2. The highest BCUT2D eigenvalue weighted by Gasteiger charge is 2.57. The molecule has 0 spiro atoms. The molecule has 20 nitrogen and oxygen atoms in total. The van der Waals surface area contributed by atoms with Crippen molar-refractivity contribution in [3.8, 4) is 0 Å². The zero-order valence-corrected chi connectivity index (χ0v) is 50.9. The van der Waals surface area contributed by atoms with Gasteiger partial charge >= 0.3 is 13.5 Å². The van der Waals surface area contributed by atoms with Gasteiger partial charge in [-0.25, -0.2) is 24.5 Å². The molecule has 3 saturated heterocycles. The lowest BCUT2D eigenvalue weighted by Gasteiger charge is -2.41. The van der Waals surface area contributed by atoms with E-state index < -0.39 is 87.3 Å². The summed E-state index contributed by atoms with van der Waals surface area (Å²) in [5.74, 6) is 0.723. The summed E-state index contributed by atoms with van der Waals surface area (Å²) in [4.78, 5) is 44.8. The number of ether oxygens (including phenoxy) is 3. The molecule has 8 rings (SSSR count). The molecule has 3 fully saturated rings. The maximum atomic E-state index is 14.9.